The molecule has 7 nitrogen and oxygen atoms in total. The van der Waals surface area contributed by atoms with Crippen molar-refractivity contribution >= 4 is 22.8 Å². The maximum atomic E-state index is 12.3. The SMILES string of the molecule is O=C(O)C1CCN(C(=O)Cn2cnc3ccccc3c2=O)C1. The fourth-order valence-corrected chi connectivity index (χ4v) is 2.65. The zero-order valence-corrected chi connectivity index (χ0v) is 11.8. The van der Waals surface area contributed by atoms with Crippen LogP contribution in [0.15, 0.2) is 35.4 Å². The monoisotopic (exact) mass is 301 g/mol. The molecular formula is C15H15N3O4. The van der Waals surface area contributed by atoms with Gasteiger partial charge in [-0.3, -0.25) is 19.0 Å². The number of nitrogens with zero attached hydrogens (tertiary/aromatic N) is 3. The summed E-state index contributed by atoms with van der Waals surface area (Å²) in [4.78, 5) is 41.1. The molecule has 0 spiro atoms. The van der Waals surface area contributed by atoms with E-state index in [0.29, 0.717) is 23.9 Å². The average Bonchev–Trinajstić information content (AvgIpc) is 3.00. The molecule has 22 heavy (non-hydrogen) atoms. The molecule has 0 bridgehead atoms. The lowest BCUT2D eigenvalue weighted by Crippen LogP contribution is -2.35. The molecule has 1 aromatic heterocycles. The highest BCUT2D eigenvalue weighted by molar-refractivity contribution is 5.80. The number of carboxylic acid groups (broad SMARTS) is 1. The van der Waals surface area contributed by atoms with Gasteiger partial charge in [-0.25, -0.2) is 4.98 Å². The Balaban J connectivity index is 1.79. The Labute approximate surface area is 125 Å². The number of rotatable bonds is 3. The first-order valence-electron chi connectivity index (χ1n) is 7.01. The molecule has 1 atom stereocenters. The second-order valence-corrected chi connectivity index (χ2v) is 5.36. The molecular weight excluding hydrogens is 286 g/mol. The number of amides is 1. The summed E-state index contributed by atoms with van der Waals surface area (Å²) in [6.07, 6.45) is 1.80. The fraction of sp³-hybridized carbons (Fsp3) is 0.333. The first kappa shape index (κ1) is 14.2. The second kappa shape index (κ2) is 5.59. The van der Waals surface area contributed by atoms with Crippen molar-refractivity contribution in [2.45, 2.75) is 13.0 Å². The van der Waals surface area contributed by atoms with Gasteiger partial charge >= 0.3 is 5.97 Å². The van der Waals surface area contributed by atoms with Crippen molar-refractivity contribution in [3.8, 4) is 0 Å². The van der Waals surface area contributed by atoms with Crippen LogP contribution in [-0.2, 0) is 16.1 Å². The van der Waals surface area contributed by atoms with Crippen LogP contribution in [0.5, 0.6) is 0 Å². The molecule has 114 valence electrons. The lowest BCUT2D eigenvalue weighted by molar-refractivity contribution is -0.141. The van der Waals surface area contributed by atoms with Crippen molar-refractivity contribution in [1.82, 2.24) is 14.5 Å². The summed E-state index contributed by atoms with van der Waals surface area (Å²) in [5.74, 6) is -1.67. The molecule has 3 rings (SSSR count). The van der Waals surface area contributed by atoms with Crippen molar-refractivity contribution in [1.29, 1.82) is 0 Å². The molecule has 1 unspecified atom stereocenters. The maximum Gasteiger partial charge on any atom is 0.308 e. The van der Waals surface area contributed by atoms with Crippen LogP contribution in [0, 0.1) is 5.92 Å². The van der Waals surface area contributed by atoms with Crippen LogP contribution in [0.1, 0.15) is 6.42 Å². The van der Waals surface area contributed by atoms with E-state index in [2.05, 4.69) is 4.98 Å². The highest BCUT2D eigenvalue weighted by Crippen LogP contribution is 2.16. The standard InChI is InChI=1S/C15H15N3O4/c19-13(17-6-5-10(7-17)15(21)22)8-18-9-16-12-4-2-1-3-11(12)14(18)20/h1-4,9-10H,5-8H2,(H,21,22). The van der Waals surface area contributed by atoms with Crippen LogP contribution >= 0.6 is 0 Å². The van der Waals surface area contributed by atoms with Gasteiger partial charge in [0.1, 0.15) is 6.54 Å². The van der Waals surface area contributed by atoms with Gasteiger partial charge in [0.2, 0.25) is 5.91 Å². The summed E-state index contributed by atoms with van der Waals surface area (Å²) in [5.41, 5.74) is 0.316. The molecule has 1 aliphatic rings. The number of para-hydroxylation sites is 1. The number of hydrogen-bond donors (Lipinski definition) is 1. The molecule has 2 heterocycles. The van der Waals surface area contributed by atoms with Gasteiger partial charge in [0.15, 0.2) is 0 Å². The Morgan fingerprint density at radius 3 is 2.82 bits per heavy atom. The molecule has 1 aliphatic heterocycles. The summed E-state index contributed by atoms with van der Waals surface area (Å²) in [6, 6.07) is 6.94. The first-order valence-corrected chi connectivity index (χ1v) is 7.01. The number of carbonyl (C=O) groups excluding carboxylic acids is 1. The summed E-state index contributed by atoms with van der Waals surface area (Å²) < 4.78 is 1.26. The largest absolute Gasteiger partial charge is 0.481 e. The Morgan fingerprint density at radius 1 is 1.32 bits per heavy atom. The minimum atomic E-state index is -0.889. The van der Waals surface area contributed by atoms with E-state index in [1.165, 1.54) is 15.8 Å². The lowest BCUT2D eigenvalue weighted by atomic mass is 10.1. The van der Waals surface area contributed by atoms with Crippen molar-refractivity contribution < 1.29 is 14.7 Å². The smallest absolute Gasteiger partial charge is 0.308 e. The number of carboxylic acids is 1. The second-order valence-electron chi connectivity index (χ2n) is 5.36. The van der Waals surface area contributed by atoms with Crippen molar-refractivity contribution in [3.05, 3.63) is 40.9 Å². The van der Waals surface area contributed by atoms with Gasteiger partial charge in [0.25, 0.3) is 5.56 Å². The van der Waals surface area contributed by atoms with Crippen LogP contribution in [-0.4, -0.2) is 44.5 Å². The molecule has 1 amide bonds. The summed E-state index contributed by atoms with van der Waals surface area (Å²) >= 11 is 0. The van der Waals surface area contributed by atoms with E-state index in [0.717, 1.165) is 0 Å². The third-order valence-electron chi connectivity index (χ3n) is 3.93. The highest BCUT2D eigenvalue weighted by Gasteiger charge is 2.30. The molecule has 0 aliphatic carbocycles. The fourth-order valence-electron chi connectivity index (χ4n) is 2.65. The van der Waals surface area contributed by atoms with Crippen LogP contribution in [0.4, 0.5) is 0 Å². The van der Waals surface area contributed by atoms with E-state index in [1.54, 1.807) is 24.3 Å². The summed E-state index contributed by atoms with van der Waals surface area (Å²) in [7, 11) is 0. The van der Waals surface area contributed by atoms with Crippen LogP contribution in [0.3, 0.4) is 0 Å². The Kier molecular flexibility index (Phi) is 3.62. The number of aliphatic carboxylic acids is 1. The molecule has 1 saturated heterocycles. The first-order chi connectivity index (χ1) is 10.6. The van der Waals surface area contributed by atoms with Gasteiger partial charge in [0, 0.05) is 13.1 Å². The number of aromatic nitrogens is 2. The Hall–Kier alpha value is -2.70. The molecule has 1 fully saturated rings. The minimum Gasteiger partial charge on any atom is -0.481 e. The van der Waals surface area contributed by atoms with E-state index in [9.17, 15) is 14.4 Å². The zero-order valence-electron chi connectivity index (χ0n) is 11.8. The van der Waals surface area contributed by atoms with Gasteiger partial charge in [-0.1, -0.05) is 12.1 Å². The van der Waals surface area contributed by atoms with Crippen molar-refractivity contribution in [2.24, 2.45) is 5.92 Å². The van der Waals surface area contributed by atoms with Gasteiger partial charge < -0.3 is 10.0 Å². The normalized spacial score (nSPS) is 17.8. The molecule has 0 saturated carbocycles. The maximum absolute atomic E-state index is 12.3. The topological polar surface area (TPSA) is 92.5 Å². The van der Waals surface area contributed by atoms with Gasteiger partial charge in [0.05, 0.1) is 23.1 Å². The minimum absolute atomic E-state index is 0.122. The summed E-state index contributed by atoms with van der Waals surface area (Å²) in [6.45, 7) is 0.485. The number of carbonyl (C=O) groups is 2. The van der Waals surface area contributed by atoms with Crippen molar-refractivity contribution in [3.63, 3.8) is 0 Å². The number of likely N-dealkylation sites (tertiary alicyclic amines) is 1. The molecule has 0 radical (unpaired) electrons. The Bertz CT molecular complexity index is 799. The Morgan fingerprint density at radius 2 is 2.09 bits per heavy atom. The third kappa shape index (κ3) is 2.57. The van der Waals surface area contributed by atoms with Gasteiger partial charge in [-0.2, -0.15) is 0 Å². The van der Waals surface area contributed by atoms with Gasteiger partial charge in [-0.15, -0.1) is 0 Å². The zero-order chi connectivity index (χ0) is 15.7. The van der Waals surface area contributed by atoms with E-state index >= 15 is 0 Å². The third-order valence-corrected chi connectivity index (χ3v) is 3.93. The van der Waals surface area contributed by atoms with Crippen LogP contribution in [0.2, 0.25) is 0 Å². The van der Waals surface area contributed by atoms with E-state index < -0.39 is 11.9 Å². The lowest BCUT2D eigenvalue weighted by Gasteiger charge is -2.16. The molecule has 2 aromatic rings. The number of hydrogen-bond acceptors (Lipinski definition) is 4. The molecule has 1 N–H and O–H groups in total. The van der Waals surface area contributed by atoms with Crippen molar-refractivity contribution in [2.75, 3.05) is 13.1 Å². The number of benzene rings is 1. The highest BCUT2D eigenvalue weighted by atomic mass is 16.4. The van der Waals surface area contributed by atoms with Crippen LogP contribution in [0.25, 0.3) is 10.9 Å². The number of fused-ring (bicyclic) bond motifs is 1. The van der Waals surface area contributed by atoms with Gasteiger partial charge in [-0.05, 0) is 18.6 Å². The van der Waals surface area contributed by atoms with E-state index in [4.69, 9.17) is 5.11 Å². The van der Waals surface area contributed by atoms with E-state index in [-0.39, 0.29) is 24.6 Å². The predicted octanol–water partition coefficient (Wildman–Crippen LogP) is 0.330. The quantitative estimate of drug-likeness (QED) is 0.882. The average molecular weight is 301 g/mol. The summed E-state index contributed by atoms with van der Waals surface area (Å²) in [5, 5.41) is 9.42. The predicted molar refractivity (Wildman–Crippen MR) is 78.3 cm³/mol. The van der Waals surface area contributed by atoms with E-state index in [1.807, 2.05) is 0 Å². The molecule has 1 aromatic carbocycles. The molecule has 7 heteroatoms. The van der Waals surface area contributed by atoms with Crippen LogP contribution < -0.4 is 5.56 Å².